The number of aryl methyl sites for hydroxylation is 1. The van der Waals surface area contributed by atoms with Gasteiger partial charge in [0.05, 0.1) is 24.6 Å². The van der Waals surface area contributed by atoms with Crippen LogP contribution in [0.2, 0.25) is 0 Å². The zero-order valence-corrected chi connectivity index (χ0v) is 20.6. The third-order valence-electron chi connectivity index (χ3n) is 5.41. The Kier molecular flexibility index (Phi) is 7.72. The van der Waals surface area contributed by atoms with Crippen LogP contribution < -0.4 is 10.3 Å². The van der Waals surface area contributed by atoms with E-state index in [9.17, 15) is 22.8 Å². The number of thiophene rings is 1. The van der Waals surface area contributed by atoms with Crippen molar-refractivity contribution in [2.45, 2.75) is 56.6 Å². The average molecular weight is 529 g/mol. The summed E-state index contributed by atoms with van der Waals surface area (Å²) < 4.78 is 53.5. The molecule has 1 unspecified atom stereocenters. The molecule has 0 aliphatic carbocycles. The van der Waals surface area contributed by atoms with Crippen LogP contribution in [0.4, 0.5) is 13.2 Å². The molecule has 0 spiro atoms. The zero-order valence-electron chi connectivity index (χ0n) is 19.0. The van der Waals surface area contributed by atoms with E-state index in [1.807, 2.05) is 0 Å². The van der Waals surface area contributed by atoms with Crippen LogP contribution >= 0.6 is 23.1 Å². The fourth-order valence-electron chi connectivity index (χ4n) is 3.79. The highest BCUT2D eigenvalue weighted by Crippen LogP contribution is 2.32. The number of alkyl halides is 3. The topological polar surface area (TPSA) is 79.7 Å². The van der Waals surface area contributed by atoms with Gasteiger partial charge in [-0.05, 0) is 49.9 Å². The molecule has 12 heteroatoms. The number of nitrogens with zero attached hydrogens (tertiary/aromatic N) is 2. The van der Waals surface area contributed by atoms with Crippen molar-refractivity contribution in [3.63, 3.8) is 0 Å². The van der Waals surface area contributed by atoms with Crippen molar-refractivity contribution in [3.8, 4) is 5.75 Å². The Hall–Kier alpha value is -2.57. The first-order chi connectivity index (χ1) is 16.7. The molecule has 0 amide bonds. The molecule has 3 aromatic rings. The molecule has 35 heavy (non-hydrogen) atoms. The van der Waals surface area contributed by atoms with Crippen LogP contribution in [0.3, 0.4) is 0 Å². The lowest BCUT2D eigenvalue weighted by atomic mass is 10.2. The number of esters is 1. The fourth-order valence-corrected chi connectivity index (χ4v) is 5.87. The van der Waals surface area contributed by atoms with E-state index in [0.29, 0.717) is 44.7 Å². The molecule has 0 radical (unpaired) electrons. The van der Waals surface area contributed by atoms with E-state index in [1.165, 1.54) is 36.0 Å². The van der Waals surface area contributed by atoms with E-state index >= 15 is 0 Å². The Morgan fingerprint density at radius 2 is 2.06 bits per heavy atom. The van der Waals surface area contributed by atoms with Gasteiger partial charge >= 0.3 is 12.3 Å². The lowest BCUT2D eigenvalue weighted by Gasteiger charge is -2.16. The van der Waals surface area contributed by atoms with Gasteiger partial charge in [-0.2, -0.15) is 0 Å². The number of carbonyl (C=O) groups excluding carboxylic acids is 1. The smallest absolute Gasteiger partial charge is 0.462 e. The summed E-state index contributed by atoms with van der Waals surface area (Å²) in [6.07, 6.45) is -3.14. The summed E-state index contributed by atoms with van der Waals surface area (Å²) >= 11 is 2.40. The van der Waals surface area contributed by atoms with E-state index in [2.05, 4.69) is 4.74 Å². The SMILES string of the molecule is CCOC(=O)c1sc2nc(SCc3ccc(OC(F)(F)F)cc3)n(CC3CCCO3)c(=O)c2c1C. The molecule has 1 aliphatic rings. The van der Waals surface area contributed by atoms with Crippen LogP contribution in [0.1, 0.15) is 40.6 Å². The standard InChI is InChI=1S/C23H23F3N2O5S2/c1-3-31-21(30)18-13(2)17-19(35-18)27-22(28(20(17)29)11-16-5-4-10-32-16)34-12-14-6-8-15(9-7-14)33-23(24,25)26/h6-9,16H,3-5,10-12H2,1-2H3. The highest BCUT2D eigenvalue weighted by atomic mass is 32.2. The number of fused-ring (bicyclic) bond motifs is 1. The molecule has 188 valence electrons. The van der Waals surface area contributed by atoms with Crippen LogP contribution in [-0.2, 0) is 21.8 Å². The summed E-state index contributed by atoms with van der Waals surface area (Å²) in [6.45, 7) is 4.60. The molecule has 0 saturated carbocycles. The number of hydrogen-bond donors (Lipinski definition) is 0. The number of aromatic nitrogens is 2. The van der Waals surface area contributed by atoms with Crippen LogP contribution in [0.25, 0.3) is 10.2 Å². The first kappa shape index (κ1) is 25.5. The van der Waals surface area contributed by atoms with Gasteiger partial charge in [-0.1, -0.05) is 23.9 Å². The van der Waals surface area contributed by atoms with Crippen molar-refractivity contribution in [1.82, 2.24) is 9.55 Å². The molecule has 3 heterocycles. The minimum Gasteiger partial charge on any atom is -0.462 e. The largest absolute Gasteiger partial charge is 0.573 e. The summed E-state index contributed by atoms with van der Waals surface area (Å²) in [5, 5.41) is 0.833. The number of benzene rings is 1. The van der Waals surface area contributed by atoms with Gasteiger partial charge in [-0.15, -0.1) is 24.5 Å². The Morgan fingerprint density at radius 1 is 1.31 bits per heavy atom. The maximum Gasteiger partial charge on any atom is 0.573 e. The number of carbonyl (C=O) groups is 1. The van der Waals surface area contributed by atoms with Crippen molar-refractivity contribution >= 4 is 39.3 Å². The molecular weight excluding hydrogens is 505 g/mol. The van der Waals surface area contributed by atoms with Gasteiger partial charge in [0.2, 0.25) is 0 Å². The maximum atomic E-state index is 13.5. The summed E-state index contributed by atoms with van der Waals surface area (Å²) in [7, 11) is 0. The molecule has 2 aromatic heterocycles. The van der Waals surface area contributed by atoms with E-state index in [-0.39, 0.29) is 24.0 Å². The van der Waals surface area contributed by atoms with Gasteiger partial charge in [-0.25, -0.2) is 9.78 Å². The summed E-state index contributed by atoms with van der Waals surface area (Å²) in [6, 6.07) is 5.55. The number of halogens is 3. The molecule has 7 nitrogen and oxygen atoms in total. The Morgan fingerprint density at radius 3 is 2.69 bits per heavy atom. The summed E-state index contributed by atoms with van der Waals surface area (Å²) in [5.74, 6) is -0.430. The Balaban J connectivity index is 1.65. The maximum absolute atomic E-state index is 13.5. The highest BCUT2D eigenvalue weighted by molar-refractivity contribution is 7.98. The van der Waals surface area contributed by atoms with Crippen molar-refractivity contribution in [1.29, 1.82) is 0 Å². The van der Waals surface area contributed by atoms with Crippen molar-refractivity contribution < 1.29 is 32.2 Å². The molecule has 1 aliphatic heterocycles. The average Bonchev–Trinajstić information content (AvgIpc) is 3.42. The van der Waals surface area contributed by atoms with Crippen LogP contribution in [0.15, 0.2) is 34.2 Å². The van der Waals surface area contributed by atoms with Crippen molar-refractivity contribution in [2.24, 2.45) is 0 Å². The molecule has 1 aromatic carbocycles. The second-order valence-corrected chi connectivity index (χ2v) is 9.82. The number of hydrogen-bond acceptors (Lipinski definition) is 8. The normalized spacial score (nSPS) is 16.1. The van der Waals surface area contributed by atoms with Crippen molar-refractivity contribution in [3.05, 3.63) is 50.6 Å². The lowest BCUT2D eigenvalue weighted by molar-refractivity contribution is -0.274. The summed E-state index contributed by atoms with van der Waals surface area (Å²) in [4.78, 5) is 31.4. The minimum absolute atomic E-state index is 0.117. The predicted molar refractivity (Wildman–Crippen MR) is 126 cm³/mol. The van der Waals surface area contributed by atoms with Crippen LogP contribution in [-0.4, -0.2) is 41.2 Å². The van der Waals surface area contributed by atoms with E-state index in [1.54, 1.807) is 18.4 Å². The molecule has 1 saturated heterocycles. The molecule has 1 atom stereocenters. The van der Waals surface area contributed by atoms with Gasteiger partial charge in [0.15, 0.2) is 5.16 Å². The predicted octanol–water partition coefficient (Wildman–Crippen LogP) is 5.31. The van der Waals surface area contributed by atoms with E-state index in [4.69, 9.17) is 14.5 Å². The monoisotopic (exact) mass is 528 g/mol. The van der Waals surface area contributed by atoms with Gasteiger partial charge in [0.1, 0.15) is 15.5 Å². The lowest BCUT2D eigenvalue weighted by Crippen LogP contribution is -2.28. The first-order valence-electron chi connectivity index (χ1n) is 11.0. The highest BCUT2D eigenvalue weighted by Gasteiger charge is 2.31. The van der Waals surface area contributed by atoms with Crippen LogP contribution in [0.5, 0.6) is 5.75 Å². The second kappa shape index (κ2) is 10.6. The minimum atomic E-state index is -4.75. The molecule has 1 fully saturated rings. The molecular formula is C23H23F3N2O5S2. The molecule has 4 rings (SSSR count). The Labute approximate surface area is 207 Å². The van der Waals surface area contributed by atoms with E-state index < -0.39 is 12.3 Å². The summed E-state index contributed by atoms with van der Waals surface area (Å²) in [5.41, 5.74) is 1.02. The quantitative estimate of drug-likeness (QED) is 0.223. The molecule has 0 bridgehead atoms. The fraction of sp³-hybridized carbons (Fsp3) is 0.435. The first-order valence-corrected chi connectivity index (χ1v) is 12.8. The van der Waals surface area contributed by atoms with E-state index in [0.717, 1.165) is 29.7 Å². The van der Waals surface area contributed by atoms with Crippen molar-refractivity contribution in [2.75, 3.05) is 13.2 Å². The number of ether oxygens (including phenoxy) is 3. The zero-order chi connectivity index (χ0) is 25.2. The van der Waals surface area contributed by atoms with Gasteiger partial charge in [0.25, 0.3) is 5.56 Å². The number of rotatable bonds is 8. The Bertz CT molecular complexity index is 1270. The number of thioether (sulfide) groups is 1. The third-order valence-corrected chi connectivity index (χ3v) is 7.62. The van der Waals surface area contributed by atoms with Gasteiger partial charge < -0.3 is 14.2 Å². The van der Waals surface area contributed by atoms with Gasteiger partial charge in [0, 0.05) is 12.4 Å². The molecule has 0 N–H and O–H groups in total. The van der Waals surface area contributed by atoms with Crippen LogP contribution in [0, 0.1) is 6.92 Å². The van der Waals surface area contributed by atoms with Gasteiger partial charge in [-0.3, -0.25) is 9.36 Å². The third kappa shape index (κ3) is 5.99. The second-order valence-electron chi connectivity index (χ2n) is 7.88.